The predicted octanol–water partition coefficient (Wildman–Crippen LogP) is 2.72. The standard InChI is InChI=1S/C21H25N5O2/c1-24-14-16(17-5-2-3-6-18(17)24)13-19(27)25-9-4-10-26(12-11-25)21-22-20(28-23-21)15-7-8-15/h2-3,5-6,14-15H,4,7-13H2,1H3. The van der Waals surface area contributed by atoms with Crippen LogP contribution in [0.4, 0.5) is 5.95 Å². The lowest BCUT2D eigenvalue weighted by Crippen LogP contribution is -2.36. The fourth-order valence-electron chi connectivity index (χ4n) is 4.06. The molecular formula is C21H25N5O2. The summed E-state index contributed by atoms with van der Waals surface area (Å²) in [5.41, 5.74) is 2.26. The molecule has 0 unspecified atom stereocenters. The second kappa shape index (κ2) is 6.96. The molecule has 1 amide bonds. The van der Waals surface area contributed by atoms with E-state index < -0.39 is 0 Å². The van der Waals surface area contributed by atoms with Gasteiger partial charge in [-0.05, 0) is 36.0 Å². The summed E-state index contributed by atoms with van der Waals surface area (Å²) in [6.45, 7) is 3.05. The molecule has 7 nitrogen and oxygen atoms in total. The third-order valence-corrected chi connectivity index (χ3v) is 5.81. The summed E-state index contributed by atoms with van der Waals surface area (Å²) in [6.07, 6.45) is 5.73. The fourth-order valence-corrected chi connectivity index (χ4v) is 4.06. The Balaban J connectivity index is 1.25. The maximum atomic E-state index is 13.0. The van der Waals surface area contributed by atoms with Crippen LogP contribution in [-0.2, 0) is 18.3 Å². The maximum absolute atomic E-state index is 13.0. The lowest BCUT2D eigenvalue weighted by Gasteiger charge is -2.21. The molecule has 2 fully saturated rings. The van der Waals surface area contributed by atoms with Gasteiger partial charge in [-0.3, -0.25) is 4.79 Å². The number of amides is 1. The molecule has 7 heteroatoms. The monoisotopic (exact) mass is 379 g/mol. The van der Waals surface area contributed by atoms with Gasteiger partial charge in [0, 0.05) is 56.2 Å². The van der Waals surface area contributed by atoms with E-state index in [9.17, 15) is 4.79 Å². The molecule has 0 bridgehead atoms. The molecule has 1 saturated heterocycles. The van der Waals surface area contributed by atoms with E-state index in [-0.39, 0.29) is 5.91 Å². The number of para-hydroxylation sites is 1. The van der Waals surface area contributed by atoms with Gasteiger partial charge in [-0.1, -0.05) is 18.2 Å². The van der Waals surface area contributed by atoms with E-state index in [0.29, 0.717) is 24.8 Å². The third-order valence-electron chi connectivity index (χ3n) is 5.81. The van der Waals surface area contributed by atoms with Gasteiger partial charge in [0.15, 0.2) is 0 Å². The maximum Gasteiger partial charge on any atom is 0.266 e. The minimum absolute atomic E-state index is 0.185. The molecule has 5 rings (SSSR count). The Morgan fingerprint density at radius 3 is 2.89 bits per heavy atom. The zero-order valence-corrected chi connectivity index (χ0v) is 16.2. The molecule has 2 aromatic heterocycles. The first kappa shape index (κ1) is 17.3. The Hall–Kier alpha value is -2.83. The summed E-state index contributed by atoms with van der Waals surface area (Å²) >= 11 is 0. The number of carbonyl (C=O) groups excluding carboxylic acids is 1. The van der Waals surface area contributed by atoms with Crippen molar-refractivity contribution < 1.29 is 9.32 Å². The van der Waals surface area contributed by atoms with Gasteiger partial charge in [-0.2, -0.15) is 4.98 Å². The average molecular weight is 379 g/mol. The van der Waals surface area contributed by atoms with Crippen LogP contribution >= 0.6 is 0 Å². The predicted molar refractivity (Wildman–Crippen MR) is 106 cm³/mol. The number of fused-ring (bicyclic) bond motifs is 1. The number of nitrogens with zero attached hydrogens (tertiary/aromatic N) is 5. The Morgan fingerprint density at radius 2 is 2.04 bits per heavy atom. The molecule has 28 heavy (non-hydrogen) atoms. The molecule has 0 radical (unpaired) electrons. The lowest BCUT2D eigenvalue weighted by molar-refractivity contribution is -0.130. The highest BCUT2D eigenvalue weighted by Gasteiger charge is 2.31. The van der Waals surface area contributed by atoms with Crippen LogP contribution in [0.15, 0.2) is 35.0 Å². The van der Waals surface area contributed by atoms with Crippen LogP contribution in [-0.4, -0.2) is 51.7 Å². The van der Waals surface area contributed by atoms with Gasteiger partial charge in [0.25, 0.3) is 5.95 Å². The lowest BCUT2D eigenvalue weighted by atomic mass is 10.1. The highest BCUT2D eigenvalue weighted by Crippen LogP contribution is 2.39. The van der Waals surface area contributed by atoms with Crippen molar-refractivity contribution in [3.63, 3.8) is 0 Å². The molecule has 0 atom stereocenters. The van der Waals surface area contributed by atoms with Crippen molar-refractivity contribution in [3.05, 3.63) is 41.9 Å². The molecule has 1 aliphatic heterocycles. The molecule has 1 saturated carbocycles. The van der Waals surface area contributed by atoms with Crippen LogP contribution in [0, 0.1) is 0 Å². The Bertz CT molecular complexity index is 1000. The fraction of sp³-hybridized carbons (Fsp3) is 0.476. The number of aromatic nitrogens is 3. The Morgan fingerprint density at radius 1 is 1.18 bits per heavy atom. The molecular weight excluding hydrogens is 354 g/mol. The first-order valence-electron chi connectivity index (χ1n) is 10.1. The molecule has 3 heterocycles. The number of benzene rings is 1. The van der Waals surface area contributed by atoms with Gasteiger partial charge >= 0.3 is 0 Å². The van der Waals surface area contributed by atoms with Crippen LogP contribution < -0.4 is 4.90 Å². The van der Waals surface area contributed by atoms with E-state index in [0.717, 1.165) is 61.3 Å². The number of aryl methyl sites for hydroxylation is 1. The quantitative estimate of drug-likeness (QED) is 0.697. The van der Waals surface area contributed by atoms with Gasteiger partial charge in [0.2, 0.25) is 11.8 Å². The van der Waals surface area contributed by atoms with Crippen molar-refractivity contribution >= 4 is 22.8 Å². The minimum Gasteiger partial charge on any atom is -0.350 e. The number of hydrogen-bond acceptors (Lipinski definition) is 5. The highest BCUT2D eigenvalue weighted by atomic mass is 16.5. The highest BCUT2D eigenvalue weighted by molar-refractivity contribution is 5.89. The second-order valence-corrected chi connectivity index (χ2v) is 7.89. The Labute approximate surface area is 163 Å². The van der Waals surface area contributed by atoms with Crippen molar-refractivity contribution in [1.82, 2.24) is 19.6 Å². The van der Waals surface area contributed by atoms with Crippen molar-refractivity contribution in [2.24, 2.45) is 7.05 Å². The van der Waals surface area contributed by atoms with Crippen LogP contribution in [0.2, 0.25) is 0 Å². The first-order chi connectivity index (χ1) is 13.7. The van der Waals surface area contributed by atoms with Crippen LogP contribution in [0.5, 0.6) is 0 Å². The molecule has 146 valence electrons. The molecule has 0 spiro atoms. The van der Waals surface area contributed by atoms with Crippen molar-refractivity contribution in [2.75, 3.05) is 31.1 Å². The molecule has 1 aromatic carbocycles. The Kier molecular flexibility index (Phi) is 4.30. The zero-order chi connectivity index (χ0) is 19.1. The van der Waals surface area contributed by atoms with E-state index in [1.54, 1.807) is 0 Å². The summed E-state index contributed by atoms with van der Waals surface area (Å²) in [7, 11) is 2.03. The summed E-state index contributed by atoms with van der Waals surface area (Å²) in [5, 5.41) is 5.31. The largest absolute Gasteiger partial charge is 0.350 e. The minimum atomic E-state index is 0.185. The normalized spacial score (nSPS) is 17.9. The van der Waals surface area contributed by atoms with Crippen molar-refractivity contribution in [1.29, 1.82) is 0 Å². The smallest absolute Gasteiger partial charge is 0.266 e. The average Bonchev–Trinajstić information content (AvgIpc) is 3.43. The number of rotatable bonds is 4. The van der Waals surface area contributed by atoms with Gasteiger partial charge in [0.05, 0.1) is 6.42 Å². The van der Waals surface area contributed by atoms with Crippen molar-refractivity contribution in [2.45, 2.75) is 31.6 Å². The number of carbonyl (C=O) groups is 1. The van der Waals surface area contributed by atoms with Crippen LogP contribution in [0.3, 0.4) is 0 Å². The molecule has 1 aliphatic carbocycles. The van der Waals surface area contributed by atoms with E-state index in [4.69, 9.17) is 4.52 Å². The van der Waals surface area contributed by atoms with Crippen molar-refractivity contribution in [3.8, 4) is 0 Å². The van der Waals surface area contributed by atoms with E-state index in [1.807, 2.05) is 24.1 Å². The topological polar surface area (TPSA) is 67.4 Å². The second-order valence-electron chi connectivity index (χ2n) is 7.89. The first-order valence-corrected chi connectivity index (χ1v) is 10.1. The van der Waals surface area contributed by atoms with E-state index in [2.05, 4.69) is 37.9 Å². The number of anilines is 1. The summed E-state index contributed by atoms with van der Waals surface area (Å²) in [6, 6.07) is 8.24. The van der Waals surface area contributed by atoms with Crippen LogP contribution in [0.1, 0.15) is 36.6 Å². The van der Waals surface area contributed by atoms with Gasteiger partial charge in [0.1, 0.15) is 0 Å². The molecule has 0 N–H and O–H groups in total. The van der Waals surface area contributed by atoms with Gasteiger partial charge in [-0.25, -0.2) is 0 Å². The number of hydrogen-bond donors (Lipinski definition) is 0. The van der Waals surface area contributed by atoms with Gasteiger partial charge < -0.3 is 18.9 Å². The summed E-state index contributed by atoms with van der Waals surface area (Å²) in [4.78, 5) is 21.6. The van der Waals surface area contributed by atoms with Gasteiger partial charge in [-0.15, -0.1) is 0 Å². The molecule has 2 aliphatic rings. The van der Waals surface area contributed by atoms with E-state index in [1.165, 1.54) is 0 Å². The third kappa shape index (κ3) is 3.25. The molecule has 3 aromatic rings. The van der Waals surface area contributed by atoms with E-state index >= 15 is 0 Å². The SMILES string of the molecule is Cn1cc(CC(=O)N2CCCN(c3noc(C4CC4)n3)CC2)c2ccccc21. The zero-order valence-electron chi connectivity index (χ0n) is 16.2. The summed E-state index contributed by atoms with van der Waals surface area (Å²) < 4.78 is 7.49. The van der Waals surface area contributed by atoms with Crippen LogP contribution in [0.25, 0.3) is 10.9 Å². The summed E-state index contributed by atoms with van der Waals surface area (Å²) in [5.74, 6) is 2.09.